The van der Waals surface area contributed by atoms with E-state index in [9.17, 15) is 13.2 Å². The van der Waals surface area contributed by atoms with E-state index in [1.165, 1.54) is 12.1 Å². The van der Waals surface area contributed by atoms with Crippen molar-refractivity contribution in [3.63, 3.8) is 0 Å². The van der Waals surface area contributed by atoms with Crippen molar-refractivity contribution < 1.29 is 17.9 Å². The van der Waals surface area contributed by atoms with Crippen LogP contribution < -0.4 is 4.74 Å². The van der Waals surface area contributed by atoms with Gasteiger partial charge in [0.05, 0.1) is 36.4 Å². The number of aromatic nitrogens is 5. The molecule has 2 aromatic carbocycles. The fraction of sp³-hybridized carbons (Fsp3) is 0.292. The molecule has 0 N–H and O–H groups in total. The van der Waals surface area contributed by atoms with Crippen LogP contribution in [0.5, 0.6) is 5.75 Å². The SMILES string of the molecule is COc1cc(-c2nc3n(n2)C(c2ccccc2C(F)(F)F)CCC3)ccc1-n1cnc(C)c1. The van der Waals surface area contributed by atoms with E-state index in [0.29, 0.717) is 30.2 Å². The Morgan fingerprint density at radius 1 is 1.12 bits per heavy atom. The van der Waals surface area contributed by atoms with E-state index in [1.54, 1.807) is 24.2 Å². The number of benzene rings is 2. The van der Waals surface area contributed by atoms with Crippen molar-refractivity contribution in [1.29, 1.82) is 0 Å². The van der Waals surface area contributed by atoms with E-state index >= 15 is 0 Å². The molecule has 0 saturated carbocycles. The molecule has 0 aliphatic carbocycles. The highest BCUT2D eigenvalue weighted by atomic mass is 19.4. The second kappa shape index (κ2) is 8.06. The molecule has 0 saturated heterocycles. The molecule has 4 aromatic rings. The van der Waals surface area contributed by atoms with Crippen molar-refractivity contribution in [2.75, 3.05) is 7.11 Å². The largest absolute Gasteiger partial charge is 0.495 e. The Bertz CT molecular complexity index is 1310. The van der Waals surface area contributed by atoms with Gasteiger partial charge in [-0.1, -0.05) is 18.2 Å². The monoisotopic (exact) mass is 453 g/mol. The summed E-state index contributed by atoms with van der Waals surface area (Å²) in [6, 6.07) is 10.8. The molecule has 0 radical (unpaired) electrons. The zero-order chi connectivity index (χ0) is 23.2. The fourth-order valence-corrected chi connectivity index (χ4v) is 4.39. The minimum absolute atomic E-state index is 0.228. The van der Waals surface area contributed by atoms with E-state index in [1.807, 2.05) is 35.9 Å². The van der Waals surface area contributed by atoms with Gasteiger partial charge in [-0.15, -0.1) is 0 Å². The number of nitrogens with zero attached hydrogens (tertiary/aromatic N) is 5. The van der Waals surface area contributed by atoms with Crippen LogP contribution in [0.25, 0.3) is 17.1 Å². The van der Waals surface area contributed by atoms with Gasteiger partial charge in [0.25, 0.3) is 0 Å². The molecule has 6 nitrogen and oxygen atoms in total. The number of fused-ring (bicyclic) bond motifs is 1. The van der Waals surface area contributed by atoms with Crippen LogP contribution in [0, 0.1) is 6.92 Å². The summed E-state index contributed by atoms with van der Waals surface area (Å²) in [5.74, 6) is 1.77. The summed E-state index contributed by atoms with van der Waals surface area (Å²) in [5, 5.41) is 4.65. The third-order valence-corrected chi connectivity index (χ3v) is 5.93. The van der Waals surface area contributed by atoms with Gasteiger partial charge >= 0.3 is 6.18 Å². The van der Waals surface area contributed by atoms with Gasteiger partial charge in [-0.2, -0.15) is 18.3 Å². The number of methoxy groups -OCH3 is 1. The van der Waals surface area contributed by atoms with Gasteiger partial charge in [0.15, 0.2) is 5.82 Å². The first-order valence-corrected chi connectivity index (χ1v) is 10.7. The van der Waals surface area contributed by atoms with Crippen LogP contribution in [-0.4, -0.2) is 31.4 Å². The number of aryl methyl sites for hydroxylation is 2. The maximum atomic E-state index is 13.6. The van der Waals surface area contributed by atoms with Gasteiger partial charge in [-0.05, 0) is 49.6 Å². The summed E-state index contributed by atoms with van der Waals surface area (Å²) in [5.41, 5.74) is 2.04. The molecule has 5 rings (SSSR count). The topological polar surface area (TPSA) is 57.8 Å². The first-order valence-electron chi connectivity index (χ1n) is 10.7. The number of hydrogen-bond acceptors (Lipinski definition) is 4. The fourth-order valence-electron chi connectivity index (χ4n) is 4.39. The molecule has 1 aliphatic rings. The Balaban J connectivity index is 1.55. The molecule has 33 heavy (non-hydrogen) atoms. The molecule has 0 amide bonds. The molecule has 0 bridgehead atoms. The van der Waals surface area contributed by atoms with E-state index < -0.39 is 17.8 Å². The van der Waals surface area contributed by atoms with E-state index in [0.717, 1.165) is 29.4 Å². The van der Waals surface area contributed by atoms with Gasteiger partial charge in [0, 0.05) is 18.2 Å². The first kappa shape index (κ1) is 21.2. The van der Waals surface area contributed by atoms with Crippen LogP contribution in [0.3, 0.4) is 0 Å². The first-order chi connectivity index (χ1) is 15.8. The van der Waals surface area contributed by atoms with Crippen molar-refractivity contribution in [1.82, 2.24) is 24.3 Å². The molecule has 1 atom stereocenters. The van der Waals surface area contributed by atoms with Gasteiger partial charge in [0.2, 0.25) is 0 Å². The van der Waals surface area contributed by atoms with Crippen LogP contribution in [0.2, 0.25) is 0 Å². The molecule has 0 fully saturated rings. The van der Waals surface area contributed by atoms with Crippen molar-refractivity contribution in [2.45, 2.75) is 38.4 Å². The van der Waals surface area contributed by atoms with Gasteiger partial charge in [0.1, 0.15) is 11.6 Å². The Kier molecular flexibility index (Phi) is 5.19. The third-order valence-electron chi connectivity index (χ3n) is 5.93. The van der Waals surface area contributed by atoms with Crippen LogP contribution in [0.1, 0.15) is 41.5 Å². The highest BCUT2D eigenvalue weighted by Crippen LogP contribution is 2.39. The van der Waals surface area contributed by atoms with E-state index in [2.05, 4.69) is 15.1 Å². The zero-order valence-electron chi connectivity index (χ0n) is 18.2. The number of imidazole rings is 1. The normalized spacial score (nSPS) is 16.0. The number of halogens is 3. The zero-order valence-corrected chi connectivity index (χ0v) is 18.2. The Morgan fingerprint density at radius 2 is 1.94 bits per heavy atom. The molecule has 0 spiro atoms. The van der Waals surface area contributed by atoms with Crippen molar-refractivity contribution in [3.05, 3.63) is 77.6 Å². The van der Waals surface area contributed by atoms with Crippen LogP contribution in [0.15, 0.2) is 55.0 Å². The lowest BCUT2D eigenvalue weighted by atomic mass is 9.93. The second-order valence-electron chi connectivity index (χ2n) is 8.10. The summed E-state index contributed by atoms with van der Waals surface area (Å²) in [7, 11) is 1.59. The maximum Gasteiger partial charge on any atom is 0.416 e. The highest BCUT2D eigenvalue weighted by Gasteiger charge is 2.37. The standard InChI is InChI=1S/C24H22F3N5O/c1-15-13-31(14-28-15)20-11-10-16(12-21(20)33-2)23-29-22-9-5-8-19(32(22)30-23)17-6-3-4-7-18(17)24(25,26)27/h3-4,6-7,10-14,19H,5,8-9H2,1-2H3. The molecule has 9 heteroatoms. The number of alkyl halides is 3. The summed E-state index contributed by atoms with van der Waals surface area (Å²) >= 11 is 0. The molecule has 3 heterocycles. The summed E-state index contributed by atoms with van der Waals surface area (Å²) in [6.07, 6.45) is 1.17. The number of rotatable bonds is 4. The molecule has 1 aliphatic heterocycles. The lowest BCUT2D eigenvalue weighted by Gasteiger charge is -2.26. The minimum atomic E-state index is -4.42. The predicted octanol–water partition coefficient (Wildman–Crippen LogP) is 5.39. The van der Waals surface area contributed by atoms with Gasteiger partial charge < -0.3 is 9.30 Å². The molecular weight excluding hydrogens is 431 g/mol. The van der Waals surface area contributed by atoms with Crippen molar-refractivity contribution in [3.8, 4) is 22.8 Å². The lowest BCUT2D eigenvalue weighted by Crippen LogP contribution is -2.23. The van der Waals surface area contributed by atoms with Gasteiger partial charge in [-0.25, -0.2) is 14.6 Å². The lowest BCUT2D eigenvalue weighted by molar-refractivity contribution is -0.138. The quantitative estimate of drug-likeness (QED) is 0.416. The molecule has 170 valence electrons. The van der Waals surface area contributed by atoms with E-state index in [-0.39, 0.29) is 5.56 Å². The average molecular weight is 453 g/mol. The summed E-state index contributed by atoms with van der Waals surface area (Å²) in [4.78, 5) is 8.92. The Morgan fingerprint density at radius 3 is 2.67 bits per heavy atom. The number of ether oxygens (including phenoxy) is 1. The second-order valence-corrected chi connectivity index (χ2v) is 8.10. The smallest absolute Gasteiger partial charge is 0.416 e. The predicted molar refractivity (Wildman–Crippen MR) is 116 cm³/mol. The van der Waals surface area contributed by atoms with Crippen molar-refractivity contribution >= 4 is 0 Å². The summed E-state index contributed by atoms with van der Waals surface area (Å²) in [6.45, 7) is 1.91. The third kappa shape index (κ3) is 3.88. The maximum absolute atomic E-state index is 13.6. The molecular formula is C24H22F3N5O. The minimum Gasteiger partial charge on any atom is -0.495 e. The molecule has 2 aromatic heterocycles. The number of hydrogen-bond donors (Lipinski definition) is 0. The van der Waals surface area contributed by atoms with Crippen molar-refractivity contribution in [2.24, 2.45) is 0 Å². The van der Waals surface area contributed by atoms with Crippen LogP contribution in [0.4, 0.5) is 13.2 Å². The Labute approximate surface area is 188 Å². The highest BCUT2D eigenvalue weighted by molar-refractivity contribution is 5.63. The molecule has 1 unspecified atom stereocenters. The Hall–Kier alpha value is -3.62. The van der Waals surface area contributed by atoms with E-state index in [4.69, 9.17) is 4.74 Å². The summed E-state index contributed by atoms with van der Waals surface area (Å²) < 4.78 is 50.0. The van der Waals surface area contributed by atoms with Crippen LogP contribution in [-0.2, 0) is 12.6 Å². The van der Waals surface area contributed by atoms with Crippen LogP contribution >= 0.6 is 0 Å². The van der Waals surface area contributed by atoms with Gasteiger partial charge in [-0.3, -0.25) is 0 Å². The average Bonchev–Trinajstić information content (AvgIpc) is 3.44.